The van der Waals surface area contributed by atoms with E-state index in [-0.39, 0.29) is 12.0 Å². The summed E-state index contributed by atoms with van der Waals surface area (Å²) in [4.78, 5) is 20.3. The molecule has 7 heteroatoms. The van der Waals surface area contributed by atoms with Crippen molar-refractivity contribution in [1.82, 2.24) is 15.6 Å². The number of aromatic nitrogens is 1. The van der Waals surface area contributed by atoms with Gasteiger partial charge in [0, 0.05) is 37.7 Å². The third kappa shape index (κ3) is 5.48. The number of hydrogen-bond donors (Lipinski definition) is 3. The average Bonchev–Trinajstić information content (AvgIpc) is 2.79. The van der Waals surface area contributed by atoms with Crippen LogP contribution in [0.4, 0.5) is 5.82 Å². The molecule has 7 nitrogen and oxygen atoms in total. The molecule has 1 aromatic heterocycles. The number of carbonyl (C=O) groups is 1. The number of piperidine rings is 1. The van der Waals surface area contributed by atoms with Crippen LogP contribution in [-0.2, 0) is 4.74 Å². The smallest absolute Gasteiger partial charge is 0.256 e. The molecule has 1 amide bonds. The number of fused-ring (bicyclic) bond motifs is 1. The van der Waals surface area contributed by atoms with Crippen LogP contribution in [0.3, 0.4) is 0 Å². The molecule has 2 aromatic rings. The van der Waals surface area contributed by atoms with Gasteiger partial charge >= 0.3 is 0 Å². The van der Waals surface area contributed by atoms with Crippen molar-refractivity contribution in [3.63, 3.8) is 0 Å². The van der Waals surface area contributed by atoms with Gasteiger partial charge in [0.05, 0.1) is 23.3 Å². The summed E-state index contributed by atoms with van der Waals surface area (Å²) in [6, 6.07) is 7.07. The molecule has 2 fully saturated rings. The Morgan fingerprint density at radius 2 is 1.88 bits per heavy atom. The molecule has 2 aliphatic rings. The third-order valence-electron chi connectivity index (χ3n) is 7.23. The Hall–Kier alpha value is -2.22. The molecule has 3 unspecified atom stereocenters. The molecular formula is C26H39N5O2. The molecule has 3 atom stereocenters. The molecule has 33 heavy (non-hydrogen) atoms. The fourth-order valence-corrected chi connectivity index (χ4v) is 5.23. The zero-order valence-corrected chi connectivity index (χ0v) is 20.5. The molecular weight excluding hydrogens is 414 g/mol. The Kier molecular flexibility index (Phi) is 7.51. The van der Waals surface area contributed by atoms with Crippen molar-refractivity contribution >= 4 is 22.6 Å². The number of amides is 1. The summed E-state index contributed by atoms with van der Waals surface area (Å²) >= 11 is 0. The number of aryl methyl sites for hydroxylation is 2. The predicted molar refractivity (Wildman–Crippen MR) is 134 cm³/mol. The molecule has 4 rings (SSSR count). The Labute approximate surface area is 197 Å². The lowest BCUT2D eigenvalue weighted by Crippen LogP contribution is -2.56. The molecule has 0 spiro atoms. The molecule has 1 saturated carbocycles. The van der Waals surface area contributed by atoms with Crippen LogP contribution in [0.1, 0.15) is 66.9 Å². The van der Waals surface area contributed by atoms with Crippen LogP contribution in [0.2, 0.25) is 0 Å². The summed E-state index contributed by atoms with van der Waals surface area (Å²) < 4.78 is 5.93. The van der Waals surface area contributed by atoms with E-state index in [1.54, 1.807) is 14.0 Å². The maximum Gasteiger partial charge on any atom is 0.256 e. The van der Waals surface area contributed by atoms with E-state index in [2.05, 4.69) is 41.5 Å². The normalized spacial score (nSPS) is 23.0. The highest BCUT2D eigenvalue weighted by Gasteiger charge is 2.33. The highest BCUT2D eigenvalue weighted by atomic mass is 16.5. The topological polar surface area (TPSA) is 92.5 Å². The summed E-state index contributed by atoms with van der Waals surface area (Å²) in [5.74, 6) is 0.520. The Bertz CT molecular complexity index is 986. The SMILES string of the molecule is COC1CN(c2nc3cc(C)c(C)cc3cc2C(=O)NC(C)N)CCC1NC1CCCCC1. The van der Waals surface area contributed by atoms with Gasteiger partial charge in [-0.25, -0.2) is 4.98 Å². The average molecular weight is 454 g/mol. The van der Waals surface area contributed by atoms with Gasteiger partial charge in [0.2, 0.25) is 0 Å². The molecule has 2 heterocycles. The summed E-state index contributed by atoms with van der Waals surface area (Å²) in [6.45, 7) is 7.46. The molecule has 1 aliphatic heterocycles. The van der Waals surface area contributed by atoms with Crippen molar-refractivity contribution in [3.8, 4) is 0 Å². The maximum absolute atomic E-state index is 13.1. The number of hydrogen-bond acceptors (Lipinski definition) is 6. The number of ether oxygens (including phenoxy) is 1. The van der Waals surface area contributed by atoms with Gasteiger partial charge < -0.3 is 26.0 Å². The van der Waals surface area contributed by atoms with Crippen LogP contribution < -0.4 is 21.3 Å². The highest BCUT2D eigenvalue weighted by Crippen LogP contribution is 2.29. The zero-order valence-electron chi connectivity index (χ0n) is 20.5. The Morgan fingerprint density at radius 3 is 2.58 bits per heavy atom. The number of anilines is 1. The molecule has 0 bridgehead atoms. The van der Waals surface area contributed by atoms with E-state index in [0.29, 0.717) is 30.0 Å². The second-order valence-electron chi connectivity index (χ2n) is 9.87. The van der Waals surface area contributed by atoms with Crippen LogP contribution in [0.15, 0.2) is 18.2 Å². The fraction of sp³-hybridized carbons (Fsp3) is 0.615. The Morgan fingerprint density at radius 1 is 1.15 bits per heavy atom. The van der Waals surface area contributed by atoms with Crippen LogP contribution in [0.5, 0.6) is 0 Å². The summed E-state index contributed by atoms with van der Waals surface area (Å²) in [5.41, 5.74) is 9.72. The lowest BCUT2D eigenvalue weighted by Gasteiger charge is -2.41. The van der Waals surface area contributed by atoms with Gasteiger partial charge in [0.1, 0.15) is 5.82 Å². The molecule has 4 N–H and O–H groups in total. The van der Waals surface area contributed by atoms with Crippen molar-refractivity contribution < 1.29 is 9.53 Å². The second-order valence-corrected chi connectivity index (χ2v) is 9.87. The van der Waals surface area contributed by atoms with E-state index in [4.69, 9.17) is 15.5 Å². The summed E-state index contributed by atoms with van der Waals surface area (Å²) in [7, 11) is 1.79. The second kappa shape index (κ2) is 10.4. The number of carbonyl (C=O) groups excluding carboxylic acids is 1. The van der Waals surface area contributed by atoms with Crippen LogP contribution in [-0.4, -0.2) is 55.4 Å². The van der Waals surface area contributed by atoms with E-state index < -0.39 is 6.17 Å². The first-order chi connectivity index (χ1) is 15.9. The minimum absolute atomic E-state index is 0.0438. The van der Waals surface area contributed by atoms with Gasteiger partial charge in [-0.2, -0.15) is 0 Å². The minimum atomic E-state index is -0.432. The van der Waals surface area contributed by atoms with Gasteiger partial charge in [-0.15, -0.1) is 0 Å². The first-order valence-corrected chi connectivity index (χ1v) is 12.4. The fourth-order valence-electron chi connectivity index (χ4n) is 5.23. The molecule has 1 aromatic carbocycles. The zero-order chi connectivity index (χ0) is 23.5. The maximum atomic E-state index is 13.1. The molecule has 1 aliphatic carbocycles. The number of nitrogens with two attached hydrogens (primary N) is 1. The largest absolute Gasteiger partial charge is 0.378 e. The van der Waals surface area contributed by atoms with E-state index in [9.17, 15) is 4.79 Å². The van der Waals surface area contributed by atoms with Crippen LogP contribution >= 0.6 is 0 Å². The van der Waals surface area contributed by atoms with Gasteiger partial charge in [-0.1, -0.05) is 19.3 Å². The van der Waals surface area contributed by atoms with Crippen molar-refractivity contribution in [2.75, 3.05) is 25.1 Å². The minimum Gasteiger partial charge on any atom is -0.378 e. The van der Waals surface area contributed by atoms with Gasteiger partial charge in [0.15, 0.2) is 0 Å². The van der Waals surface area contributed by atoms with Crippen molar-refractivity contribution in [2.45, 2.75) is 83.6 Å². The van der Waals surface area contributed by atoms with E-state index in [0.717, 1.165) is 23.9 Å². The lowest BCUT2D eigenvalue weighted by molar-refractivity contribution is 0.0533. The van der Waals surface area contributed by atoms with Crippen molar-refractivity contribution in [1.29, 1.82) is 0 Å². The predicted octanol–water partition coefficient (Wildman–Crippen LogP) is 3.40. The lowest BCUT2D eigenvalue weighted by atomic mass is 9.92. The standard InChI is InChI=1S/C26H39N5O2/c1-16-12-19-14-21(26(32)28-18(3)27)25(30-23(19)13-17(16)2)31-11-10-22(24(15-31)33-4)29-20-8-6-5-7-9-20/h12-14,18,20,22,24,29H,5-11,15,27H2,1-4H3,(H,28,32). The number of nitrogens with zero attached hydrogens (tertiary/aromatic N) is 2. The Balaban J connectivity index is 1.62. The molecule has 180 valence electrons. The first kappa shape index (κ1) is 23.9. The quantitative estimate of drug-likeness (QED) is 0.581. The monoisotopic (exact) mass is 453 g/mol. The third-order valence-corrected chi connectivity index (χ3v) is 7.23. The van der Waals surface area contributed by atoms with Gasteiger partial charge in [-0.3, -0.25) is 4.79 Å². The van der Waals surface area contributed by atoms with E-state index in [1.165, 1.54) is 43.2 Å². The number of methoxy groups -OCH3 is 1. The van der Waals surface area contributed by atoms with Crippen molar-refractivity contribution in [3.05, 3.63) is 34.9 Å². The summed E-state index contributed by atoms with van der Waals surface area (Å²) in [5, 5.41) is 7.68. The van der Waals surface area contributed by atoms with Gasteiger partial charge in [-0.05, 0) is 69.4 Å². The number of pyridine rings is 1. The van der Waals surface area contributed by atoms with E-state index >= 15 is 0 Å². The molecule has 0 radical (unpaired) electrons. The first-order valence-electron chi connectivity index (χ1n) is 12.4. The van der Waals surface area contributed by atoms with Crippen LogP contribution in [0.25, 0.3) is 10.9 Å². The van der Waals surface area contributed by atoms with Crippen molar-refractivity contribution in [2.24, 2.45) is 5.73 Å². The van der Waals surface area contributed by atoms with Crippen LogP contribution in [0, 0.1) is 13.8 Å². The number of benzene rings is 1. The van der Waals surface area contributed by atoms with E-state index in [1.807, 2.05) is 6.07 Å². The highest BCUT2D eigenvalue weighted by molar-refractivity contribution is 6.02. The summed E-state index contributed by atoms with van der Waals surface area (Å²) in [6.07, 6.45) is 7.05. The molecule has 1 saturated heterocycles. The van der Waals surface area contributed by atoms with Gasteiger partial charge in [0.25, 0.3) is 5.91 Å². The number of rotatable bonds is 6. The number of nitrogens with one attached hydrogen (secondary N) is 2.